The van der Waals surface area contributed by atoms with Crippen molar-refractivity contribution in [2.75, 3.05) is 5.32 Å². The van der Waals surface area contributed by atoms with Gasteiger partial charge in [-0.2, -0.15) is 0 Å². The first-order valence-electron chi connectivity index (χ1n) is 6.56. The van der Waals surface area contributed by atoms with E-state index in [9.17, 15) is 4.79 Å². The van der Waals surface area contributed by atoms with Crippen molar-refractivity contribution in [2.45, 2.75) is 20.0 Å². The van der Waals surface area contributed by atoms with Crippen LogP contribution in [0.2, 0.25) is 10.0 Å². The number of hydrogen-bond acceptors (Lipinski definition) is 2. The van der Waals surface area contributed by atoms with Crippen LogP contribution < -0.4 is 10.1 Å². The second-order valence-electron chi connectivity index (χ2n) is 4.74. The largest absolute Gasteiger partial charge is 0.480 e. The van der Waals surface area contributed by atoms with E-state index in [2.05, 4.69) is 21.2 Å². The monoisotopic (exact) mass is 401 g/mol. The Balaban J connectivity index is 2.07. The highest BCUT2D eigenvalue weighted by Gasteiger charge is 2.17. The van der Waals surface area contributed by atoms with E-state index in [1.807, 2.05) is 6.92 Å². The Morgan fingerprint density at radius 1 is 1.27 bits per heavy atom. The fourth-order valence-corrected chi connectivity index (χ4v) is 2.74. The Labute approximate surface area is 147 Å². The first-order chi connectivity index (χ1) is 10.4. The highest BCUT2D eigenvalue weighted by atomic mass is 79.9. The van der Waals surface area contributed by atoms with E-state index < -0.39 is 6.10 Å². The van der Waals surface area contributed by atoms with E-state index in [0.717, 1.165) is 5.56 Å². The minimum absolute atomic E-state index is 0.257. The normalized spacial score (nSPS) is 11.9. The predicted octanol–water partition coefficient (Wildman–Crippen LogP) is 5.47. The molecule has 0 saturated carbocycles. The van der Waals surface area contributed by atoms with Gasteiger partial charge in [0, 0.05) is 15.7 Å². The summed E-state index contributed by atoms with van der Waals surface area (Å²) < 4.78 is 6.35. The molecule has 6 heteroatoms. The lowest BCUT2D eigenvalue weighted by atomic mass is 10.2. The minimum Gasteiger partial charge on any atom is -0.480 e. The second-order valence-corrected chi connectivity index (χ2v) is 6.43. The predicted molar refractivity (Wildman–Crippen MR) is 94.1 cm³/mol. The van der Waals surface area contributed by atoms with E-state index in [4.69, 9.17) is 27.9 Å². The number of anilines is 1. The Morgan fingerprint density at radius 2 is 2.00 bits per heavy atom. The van der Waals surface area contributed by atoms with Crippen LogP contribution in [0, 0.1) is 6.92 Å². The summed E-state index contributed by atoms with van der Waals surface area (Å²) in [5, 5.41) is 4.00. The van der Waals surface area contributed by atoms with Crippen LogP contribution in [0.3, 0.4) is 0 Å². The molecule has 0 aliphatic heterocycles. The molecule has 0 aliphatic rings. The number of carbonyl (C=O) groups excluding carboxylic acids is 1. The third kappa shape index (κ3) is 4.15. The summed E-state index contributed by atoms with van der Waals surface area (Å²) in [5.74, 6) is 0.294. The number of ether oxygens (including phenoxy) is 1. The summed E-state index contributed by atoms with van der Waals surface area (Å²) in [7, 11) is 0. The molecule has 22 heavy (non-hydrogen) atoms. The standard InChI is InChI=1S/C16H14BrCl2NO2/c1-9-13(19)4-3-5-14(9)20-16(21)10(2)22-15-7-6-11(18)8-12(15)17/h3-8,10H,1-2H3,(H,20,21). The molecule has 0 saturated heterocycles. The molecule has 0 spiro atoms. The van der Waals surface area contributed by atoms with E-state index in [1.165, 1.54) is 0 Å². The quantitative estimate of drug-likeness (QED) is 0.736. The molecule has 2 aromatic rings. The van der Waals surface area contributed by atoms with Crippen molar-refractivity contribution < 1.29 is 9.53 Å². The zero-order valence-corrected chi connectivity index (χ0v) is 15.1. The van der Waals surface area contributed by atoms with Gasteiger partial charge in [-0.15, -0.1) is 0 Å². The van der Waals surface area contributed by atoms with Gasteiger partial charge in [-0.3, -0.25) is 4.79 Å². The Kier molecular flexibility index (Phi) is 5.73. The average molecular weight is 403 g/mol. The van der Waals surface area contributed by atoms with E-state index in [-0.39, 0.29) is 5.91 Å². The molecule has 0 radical (unpaired) electrons. The zero-order valence-electron chi connectivity index (χ0n) is 12.0. The van der Waals surface area contributed by atoms with Crippen LogP contribution in [0.15, 0.2) is 40.9 Å². The zero-order chi connectivity index (χ0) is 16.3. The molecular weight excluding hydrogens is 389 g/mol. The van der Waals surface area contributed by atoms with Gasteiger partial charge >= 0.3 is 0 Å². The Bertz CT molecular complexity index is 707. The van der Waals surface area contributed by atoms with Crippen LogP contribution in [0.1, 0.15) is 12.5 Å². The highest BCUT2D eigenvalue weighted by Crippen LogP contribution is 2.29. The van der Waals surface area contributed by atoms with Crippen molar-refractivity contribution >= 4 is 50.7 Å². The van der Waals surface area contributed by atoms with Crippen LogP contribution in [-0.4, -0.2) is 12.0 Å². The molecule has 116 valence electrons. The number of amides is 1. The third-order valence-corrected chi connectivity index (χ3v) is 4.36. The maximum atomic E-state index is 12.2. The van der Waals surface area contributed by atoms with E-state index in [0.29, 0.717) is 26.0 Å². The van der Waals surface area contributed by atoms with Crippen LogP contribution >= 0.6 is 39.1 Å². The highest BCUT2D eigenvalue weighted by molar-refractivity contribution is 9.10. The first-order valence-corrected chi connectivity index (χ1v) is 8.11. The molecule has 0 fully saturated rings. The number of carbonyl (C=O) groups is 1. The Morgan fingerprint density at radius 3 is 2.68 bits per heavy atom. The first kappa shape index (κ1) is 17.1. The molecule has 1 unspecified atom stereocenters. The smallest absolute Gasteiger partial charge is 0.265 e. The number of rotatable bonds is 4. The van der Waals surface area contributed by atoms with Gasteiger partial charge in [0.15, 0.2) is 6.10 Å². The fraction of sp³-hybridized carbons (Fsp3) is 0.188. The van der Waals surface area contributed by atoms with Crippen molar-refractivity contribution in [1.29, 1.82) is 0 Å². The van der Waals surface area contributed by atoms with Crippen LogP contribution in [-0.2, 0) is 4.79 Å². The van der Waals surface area contributed by atoms with Gasteiger partial charge in [-0.05, 0) is 65.7 Å². The summed E-state index contributed by atoms with van der Waals surface area (Å²) in [4.78, 5) is 12.2. The van der Waals surface area contributed by atoms with Gasteiger partial charge in [0.05, 0.1) is 4.47 Å². The molecule has 2 rings (SSSR count). The van der Waals surface area contributed by atoms with Crippen molar-refractivity contribution in [2.24, 2.45) is 0 Å². The van der Waals surface area contributed by atoms with Crippen molar-refractivity contribution in [3.63, 3.8) is 0 Å². The summed E-state index contributed by atoms with van der Waals surface area (Å²) in [6.45, 7) is 3.52. The van der Waals surface area contributed by atoms with Gasteiger partial charge in [-0.1, -0.05) is 29.3 Å². The molecule has 0 aliphatic carbocycles. The average Bonchev–Trinajstić information content (AvgIpc) is 2.46. The maximum absolute atomic E-state index is 12.2. The summed E-state index contributed by atoms with van der Waals surface area (Å²) in [6, 6.07) is 10.5. The van der Waals surface area contributed by atoms with Crippen LogP contribution in [0.5, 0.6) is 5.75 Å². The maximum Gasteiger partial charge on any atom is 0.265 e. The molecule has 3 nitrogen and oxygen atoms in total. The summed E-state index contributed by atoms with van der Waals surface area (Å²) in [5.41, 5.74) is 1.49. The summed E-state index contributed by atoms with van der Waals surface area (Å²) >= 11 is 15.3. The molecule has 0 aromatic heterocycles. The van der Waals surface area contributed by atoms with Crippen molar-refractivity contribution in [3.05, 3.63) is 56.5 Å². The number of nitrogens with one attached hydrogen (secondary N) is 1. The topological polar surface area (TPSA) is 38.3 Å². The lowest BCUT2D eigenvalue weighted by Crippen LogP contribution is -2.30. The number of hydrogen-bond donors (Lipinski definition) is 1. The Hall–Kier alpha value is -1.23. The fourth-order valence-electron chi connectivity index (χ4n) is 1.79. The molecule has 2 aromatic carbocycles. The molecule has 1 amide bonds. The SMILES string of the molecule is Cc1c(Cl)cccc1NC(=O)C(C)Oc1ccc(Cl)cc1Br. The number of benzene rings is 2. The van der Waals surface area contributed by atoms with Gasteiger partial charge in [-0.25, -0.2) is 0 Å². The van der Waals surface area contributed by atoms with Crippen LogP contribution in [0.25, 0.3) is 0 Å². The van der Waals surface area contributed by atoms with E-state index in [1.54, 1.807) is 43.3 Å². The third-order valence-electron chi connectivity index (χ3n) is 3.09. The lowest BCUT2D eigenvalue weighted by Gasteiger charge is -2.17. The molecule has 1 N–H and O–H groups in total. The molecule has 1 atom stereocenters. The minimum atomic E-state index is -0.671. The van der Waals surface area contributed by atoms with Gasteiger partial charge < -0.3 is 10.1 Å². The van der Waals surface area contributed by atoms with Gasteiger partial charge in [0.25, 0.3) is 5.91 Å². The van der Waals surface area contributed by atoms with E-state index >= 15 is 0 Å². The van der Waals surface area contributed by atoms with Crippen LogP contribution in [0.4, 0.5) is 5.69 Å². The lowest BCUT2D eigenvalue weighted by molar-refractivity contribution is -0.122. The summed E-state index contributed by atoms with van der Waals surface area (Å²) in [6.07, 6.45) is -0.671. The number of halogens is 3. The van der Waals surface area contributed by atoms with Gasteiger partial charge in [0.2, 0.25) is 0 Å². The van der Waals surface area contributed by atoms with Gasteiger partial charge in [0.1, 0.15) is 5.75 Å². The second kappa shape index (κ2) is 7.36. The van der Waals surface area contributed by atoms with Crippen molar-refractivity contribution in [3.8, 4) is 5.75 Å². The molecular formula is C16H14BrCl2NO2. The molecule has 0 heterocycles. The van der Waals surface area contributed by atoms with Crippen molar-refractivity contribution in [1.82, 2.24) is 0 Å². The molecule has 0 bridgehead atoms.